The Morgan fingerprint density at radius 2 is 1.64 bits per heavy atom. The van der Waals surface area contributed by atoms with Crippen LogP contribution in [0.2, 0.25) is 0 Å². The second-order valence-corrected chi connectivity index (χ2v) is 13.1. The van der Waals surface area contributed by atoms with Crippen LogP contribution in [-0.4, -0.2) is 43.9 Å². The first-order chi connectivity index (χ1) is 15.9. The normalized spacial score (nSPS) is 43.5. The van der Waals surface area contributed by atoms with Crippen LogP contribution in [0.15, 0.2) is 0 Å². The molecule has 4 saturated carbocycles. The summed E-state index contributed by atoms with van der Waals surface area (Å²) in [7, 11) is 0. The van der Waals surface area contributed by atoms with Gasteiger partial charge in [0.1, 0.15) is 0 Å². The zero-order chi connectivity index (χ0) is 23.5. The minimum Gasteiger partial charge on any atom is -0.396 e. The molecule has 4 fully saturated rings. The van der Waals surface area contributed by atoms with Gasteiger partial charge in [-0.15, -0.1) is 0 Å². The summed E-state index contributed by atoms with van der Waals surface area (Å²) in [6, 6.07) is 0.743. The predicted molar refractivity (Wildman–Crippen MR) is 139 cm³/mol. The summed E-state index contributed by atoms with van der Waals surface area (Å²) in [6.07, 6.45) is 16.4. The van der Waals surface area contributed by atoms with Crippen LogP contribution in [0.1, 0.15) is 97.8 Å². The smallest absolute Gasteiger partial charge is 0.0459 e. The van der Waals surface area contributed by atoms with Gasteiger partial charge in [0.15, 0.2) is 0 Å². The van der Waals surface area contributed by atoms with E-state index < -0.39 is 0 Å². The van der Waals surface area contributed by atoms with Crippen LogP contribution in [0.4, 0.5) is 0 Å². The highest BCUT2D eigenvalue weighted by atomic mass is 16.3. The van der Waals surface area contributed by atoms with E-state index in [9.17, 15) is 5.11 Å². The fourth-order valence-electron chi connectivity index (χ4n) is 9.58. The first kappa shape index (κ1) is 25.9. The van der Waals surface area contributed by atoms with Crippen LogP contribution in [0, 0.1) is 46.3 Å². The monoisotopic (exact) mass is 461 g/mol. The van der Waals surface area contributed by atoms with E-state index >= 15 is 0 Å². The molecule has 4 nitrogen and oxygen atoms in total. The van der Waals surface area contributed by atoms with E-state index in [-0.39, 0.29) is 0 Å². The molecule has 0 spiro atoms. The summed E-state index contributed by atoms with van der Waals surface area (Å²) in [6.45, 7) is 12.2. The Morgan fingerprint density at radius 3 is 2.42 bits per heavy atom. The van der Waals surface area contributed by atoms with Gasteiger partial charge >= 0.3 is 0 Å². The Kier molecular flexibility index (Phi) is 8.85. The highest BCUT2D eigenvalue weighted by Crippen LogP contribution is 2.68. The van der Waals surface area contributed by atoms with Crippen molar-refractivity contribution in [3.8, 4) is 0 Å². The number of nitrogens with one attached hydrogen (secondary N) is 2. The Hall–Kier alpha value is -0.160. The summed E-state index contributed by atoms with van der Waals surface area (Å²) >= 11 is 0. The number of rotatable bonds is 11. The number of hydrogen-bond acceptors (Lipinski definition) is 4. The van der Waals surface area contributed by atoms with Crippen molar-refractivity contribution in [1.82, 2.24) is 10.6 Å². The summed E-state index contributed by atoms with van der Waals surface area (Å²) in [5, 5.41) is 17.4. The molecule has 33 heavy (non-hydrogen) atoms. The standard InChI is InChI=1S/C29H55N3O/c1-21(20-33)25-9-10-26-24-8-7-22-19-23(32-18-6-17-31-16-5-4-15-30)11-13-28(22,2)27(24)12-14-29(25,26)3/h21-27,31-33H,4-20,30H2,1-3H3/t21-,22+,23-,24+,25-,26+,27+,28+,29-/m1/s1. The summed E-state index contributed by atoms with van der Waals surface area (Å²) in [5.74, 6) is 4.98. The van der Waals surface area contributed by atoms with Crippen molar-refractivity contribution in [2.45, 2.75) is 104 Å². The first-order valence-electron chi connectivity index (χ1n) is 14.7. The maximum Gasteiger partial charge on any atom is 0.0459 e. The van der Waals surface area contributed by atoms with Gasteiger partial charge in [0.25, 0.3) is 0 Å². The Morgan fingerprint density at radius 1 is 0.879 bits per heavy atom. The average Bonchev–Trinajstić information content (AvgIpc) is 3.17. The van der Waals surface area contributed by atoms with E-state index in [4.69, 9.17) is 5.73 Å². The Bertz CT molecular complexity index is 614. The van der Waals surface area contributed by atoms with Crippen molar-refractivity contribution in [3.63, 3.8) is 0 Å². The third-order valence-corrected chi connectivity index (χ3v) is 11.5. The van der Waals surface area contributed by atoms with Gasteiger partial charge < -0.3 is 21.5 Å². The highest BCUT2D eigenvalue weighted by Gasteiger charge is 2.60. The van der Waals surface area contributed by atoms with E-state index in [2.05, 4.69) is 31.4 Å². The van der Waals surface area contributed by atoms with Gasteiger partial charge in [-0.05, 0) is 150 Å². The van der Waals surface area contributed by atoms with Crippen LogP contribution >= 0.6 is 0 Å². The molecule has 192 valence electrons. The lowest BCUT2D eigenvalue weighted by Gasteiger charge is -2.61. The molecule has 0 aromatic rings. The number of unbranched alkanes of at least 4 members (excludes halogenated alkanes) is 1. The van der Waals surface area contributed by atoms with E-state index in [1.165, 1.54) is 70.6 Å². The van der Waals surface area contributed by atoms with Crippen LogP contribution in [0.25, 0.3) is 0 Å². The fourth-order valence-corrected chi connectivity index (χ4v) is 9.58. The number of aliphatic hydroxyl groups excluding tert-OH is 1. The SMILES string of the molecule is C[C@H](CO)[C@H]1CC[C@H]2[C@@H]3CC[C@H]4C[C@H](NCCCNCCCCN)CC[C@]4(C)[C@H]3CC[C@]12C. The van der Waals surface area contributed by atoms with Gasteiger partial charge in [-0.2, -0.15) is 0 Å². The second kappa shape index (κ2) is 11.3. The highest BCUT2D eigenvalue weighted by molar-refractivity contribution is 5.10. The molecule has 0 saturated heterocycles. The lowest BCUT2D eigenvalue weighted by Crippen LogP contribution is -2.55. The maximum absolute atomic E-state index is 9.87. The van der Waals surface area contributed by atoms with Crippen LogP contribution in [0.5, 0.6) is 0 Å². The number of aliphatic hydroxyl groups is 1. The molecular weight excluding hydrogens is 406 g/mol. The largest absolute Gasteiger partial charge is 0.396 e. The van der Waals surface area contributed by atoms with Gasteiger partial charge in [0, 0.05) is 12.6 Å². The van der Waals surface area contributed by atoms with E-state index in [0.29, 0.717) is 23.4 Å². The minimum absolute atomic E-state index is 0.375. The van der Waals surface area contributed by atoms with Gasteiger partial charge in [-0.1, -0.05) is 20.8 Å². The van der Waals surface area contributed by atoms with E-state index in [1.807, 2.05) is 0 Å². The molecule has 0 aliphatic heterocycles. The molecule has 4 aliphatic carbocycles. The number of hydrogen-bond donors (Lipinski definition) is 4. The molecule has 4 rings (SSSR count). The topological polar surface area (TPSA) is 70.3 Å². The molecule has 0 radical (unpaired) electrons. The van der Waals surface area contributed by atoms with Gasteiger partial charge in [-0.25, -0.2) is 0 Å². The molecule has 0 aromatic carbocycles. The average molecular weight is 462 g/mol. The molecule has 0 aromatic heterocycles. The number of nitrogens with two attached hydrogens (primary N) is 1. The summed E-state index contributed by atoms with van der Waals surface area (Å²) in [4.78, 5) is 0. The van der Waals surface area contributed by atoms with E-state index in [1.54, 1.807) is 0 Å². The maximum atomic E-state index is 9.87. The lowest BCUT2D eigenvalue weighted by molar-refractivity contribution is -0.118. The minimum atomic E-state index is 0.375. The van der Waals surface area contributed by atoms with Crippen LogP contribution in [0.3, 0.4) is 0 Å². The van der Waals surface area contributed by atoms with E-state index in [0.717, 1.165) is 68.2 Å². The molecule has 4 aliphatic rings. The molecule has 5 N–H and O–H groups in total. The fraction of sp³-hybridized carbons (Fsp3) is 1.00. The van der Waals surface area contributed by atoms with Crippen molar-refractivity contribution in [1.29, 1.82) is 0 Å². The van der Waals surface area contributed by atoms with Crippen molar-refractivity contribution in [3.05, 3.63) is 0 Å². The molecule has 0 amide bonds. The quantitative estimate of drug-likeness (QED) is 0.329. The second-order valence-electron chi connectivity index (χ2n) is 13.1. The summed E-state index contributed by atoms with van der Waals surface area (Å²) < 4.78 is 0. The lowest BCUT2D eigenvalue weighted by atomic mass is 9.44. The van der Waals surface area contributed by atoms with Crippen LogP contribution < -0.4 is 16.4 Å². The van der Waals surface area contributed by atoms with Crippen molar-refractivity contribution in [2.24, 2.45) is 52.1 Å². The van der Waals surface area contributed by atoms with Gasteiger partial charge in [0.2, 0.25) is 0 Å². The number of fused-ring (bicyclic) bond motifs is 5. The summed E-state index contributed by atoms with van der Waals surface area (Å²) in [5.41, 5.74) is 6.64. The predicted octanol–water partition coefficient (Wildman–Crippen LogP) is 4.95. The van der Waals surface area contributed by atoms with Crippen molar-refractivity contribution >= 4 is 0 Å². The third-order valence-electron chi connectivity index (χ3n) is 11.5. The zero-order valence-electron chi connectivity index (χ0n) is 22.1. The van der Waals surface area contributed by atoms with Crippen molar-refractivity contribution < 1.29 is 5.11 Å². The molecular formula is C29H55N3O. The Labute approximate surface area is 204 Å². The van der Waals surface area contributed by atoms with Crippen molar-refractivity contribution in [2.75, 3.05) is 32.8 Å². The zero-order valence-corrected chi connectivity index (χ0v) is 22.1. The van der Waals surface area contributed by atoms with Gasteiger partial charge in [0.05, 0.1) is 0 Å². The third kappa shape index (κ3) is 5.20. The molecule has 0 bridgehead atoms. The van der Waals surface area contributed by atoms with Gasteiger partial charge in [-0.3, -0.25) is 0 Å². The molecule has 9 atom stereocenters. The first-order valence-corrected chi connectivity index (χ1v) is 14.7. The molecule has 0 unspecified atom stereocenters. The van der Waals surface area contributed by atoms with Crippen LogP contribution in [-0.2, 0) is 0 Å². The molecule has 4 heteroatoms. The Balaban J connectivity index is 1.27. The molecule has 0 heterocycles.